The minimum absolute atomic E-state index is 0.144. The number of hydrogen-bond donors (Lipinski definition) is 2. The molecular formula is C33H44N2O3Si. The van der Waals surface area contributed by atoms with Crippen molar-refractivity contribution >= 4 is 20.2 Å². The summed E-state index contributed by atoms with van der Waals surface area (Å²) in [5.41, 5.74) is 9.66. The minimum Gasteiger partial charge on any atom is -0.516 e. The number of nitrogens with one attached hydrogen (secondary N) is 1. The van der Waals surface area contributed by atoms with Crippen LogP contribution in [0.2, 0.25) is 11.1 Å². The highest BCUT2D eigenvalue weighted by molar-refractivity contribution is 6.80. The molecule has 0 saturated heterocycles. The van der Waals surface area contributed by atoms with E-state index in [4.69, 9.17) is 10.2 Å². The second-order valence-electron chi connectivity index (χ2n) is 11.6. The lowest BCUT2D eigenvalue weighted by molar-refractivity contribution is -0.141. The number of carbonyl (C=O) groups is 2. The maximum Gasteiger partial charge on any atom is 0.315 e. The first-order valence-corrected chi connectivity index (χ1v) is 16.0. The molecule has 0 radical (unpaired) electrons. The highest BCUT2D eigenvalue weighted by Crippen LogP contribution is 2.48. The fraction of sp³-hybridized carbons (Fsp3) is 0.394. The van der Waals surface area contributed by atoms with Crippen LogP contribution in [-0.4, -0.2) is 32.3 Å². The molecule has 3 aromatic carbocycles. The number of carbonyl (C=O) groups excluding carboxylic acids is 2. The van der Waals surface area contributed by atoms with Crippen LogP contribution in [-0.2, 0) is 31.9 Å². The van der Waals surface area contributed by atoms with Gasteiger partial charge in [-0.1, -0.05) is 133 Å². The van der Waals surface area contributed by atoms with Crippen LogP contribution in [0.15, 0.2) is 91.0 Å². The van der Waals surface area contributed by atoms with Crippen LogP contribution in [0.4, 0.5) is 0 Å². The maximum atomic E-state index is 14.1. The molecule has 0 saturated carbocycles. The molecule has 0 aliphatic carbocycles. The molecule has 3 rings (SSSR count). The molecule has 0 aromatic heterocycles. The summed E-state index contributed by atoms with van der Waals surface area (Å²) in [5.74, 6) is -0.752. The van der Waals surface area contributed by atoms with Crippen molar-refractivity contribution in [1.82, 2.24) is 5.32 Å². The lowest BCUT2D eigenvalue weighted by Gasteiger charge is -2.49. The Labute approximate surface area is 235 Å². The lowest BCUT2D eigenvalue weighted by Crippen LogP contribution is -2.63. The van der Waals surface area contributed by atoms with Gasteiger partial charge in [0, 0.05) is 11.5 Å². The second-order valence-corrected chi connectivity index (χ2v) is 16.9. The van der Waals surface area contributed by atoms with Crippen LogP contribution in [0.5, 0.6) is 0 Å². The number of hydrogen-bond acceptors (Lipinski definition) is 4. The first-order valence-electron chi connectivity index (χ1n) is 13.9. The highest BCUT2D eigenvalue weighted by atomic mass is 28.4. The molecule has 3 aromatic rings. The Hall–Kier alpha value is -3.22. The van der Waals surface area contributed by atoms with Gasteiger partial charge in [0.05, 0.1) is 6.04 Å². The predicted molar refractivity (Wildman–Crippen MR) is 162 cm³/mol. The lowest BCUT2D eigenvalue weighted by atomic mass is 10.0. The van der Waals surface area contributed by atoms with E-state index in [2.05, 4.69) is 59.0 Å². The van der Waals surface area contributed by atoms with Gasteiger partial charge in [0.2, 0.25) is 5.91 Å². The molecule has 39 heavy (non-hydrogen) atoms. The fourth-order valence-corrected chi connectivity index (χ4v) is 12.1. The van der Waals surface area contributed by atoms with E-state index in [0.717, 1.165) is 16.7 Å². The molecule has 3 N–H and O–H groups in total. The van der Waals surface area contributed by atoms with Crippen molar-refractivity contribution in [2.45, 2.75) is 82.6 Å². The molecule has 5 nitrogen and oxygen atoms in total. The molecule has 0 heterocycles. The van der Waals surface area contributed by atoms with E-state index < -0.39 is 26.4 Å². The van der Waals surface area contributed by atoms with E-state index in [9.17, 15) is 9.59 Å². The predicted octanol–water partition coefficient (Wildman–Crippen LogP) is 6.11. The van der Waals surface area contributed by atoms with Crippen molar-refractivity contribution in [3.8, 4) is 0 Å². The van der Waals surface area contributed by atoms with Gasteiger partial charge in [-0.15, -0.1) is 0 Å². The fourth-order valence-electron chi connectivity index (χ4n) is 6.07. The Balaban J connectivity index is 1.93. The molecular weight excluding hydrogens is 500 g/mol. The third-order valence-corrected chi connectivity index (χ3v) is 14.2. The summed E-state index contributed by atoms with van der Waals surface area (Å²) in [5, 5.41) is 2.60. The van der Waals surface area contributed by atoms with Crippen LogP contribution in [0, 0.1) is 0 Å². The van der Waals surface area contributed by atoms with Gasteiger partial charge in [0.25, 0.3) is 8.32 Å². The molecule has 208 valence electrons. The Kier molecular flexibility index (Phi) is 10.3. The maximum absolute atomic E-state index is 14.1. The number of rotatable bonds is 12. The quantitative estimate of drug-likeness (QED) is 0.270. The highest BCUT2D eigenvalue weighted by Gasteiger charge is 2.58. The average molecular weight is 545 g/mol. The Bertz CT molecular complexity index is 1190. The summed E-state index contributed by atoms with van der Waals surface area (Å²) in [7, 11) is -2.83. The molecule has 0 unspecified atom stereocenters. The van der Waals surface area contributed by atoms with Crippen molar-refractivity contribution in [2.75, 3.05) is 0 Å². The number of nitrogens with two attached hydrogens (primary N) is 1. The molecule has 6 heteroatoms. The molecule has 2 atom stereocenters. The van der Waals surface area contributed by atoms with Crippen LogP contribution >= 0.6 is 0 Å². The molecule has 0 fully saturated rings. The van der Waals surface area contributed by atoms with E-state index in [1.165, 1.54) is 0 Å². The third kappa shape index (κ3) is 7.05. The summed E-state index contributed by atoms with van der Waals surface area (Å²) in [4.78, 5) is 27.4. The van der Waals surface area contributed by atoms with Gasteiger partial charge >= 0.3 is 5.97 Å². The average Bonchev–Trinajstić information content (AvgIpc) is 2.92. The summed E-state index contributed by atoms with van der Waals surface area (Å²) in [6.07, 6.45) is 0.716. The van der Waals surface area contributed by atoms with Crippen LogP contribution in [0.3, 0.4) is 0 Å². The molecule has 0 spiro atoms. The Morgan fingerprint density at radius 1 is 0.769 bits per heavy atom. The van der Waals surface area contributed by atoms with Gasteiger partial charge in [0.1, 0.15) is 6.04 Å². The molecule has 0 aliphatic heterocycles. The summed E-state index contributed by atoms with van der Waals surface area (Å²) in [6.45, 7) is 13.0. The normalized spacial score (nSPS) is 13.7. The van der Waals surface area contributed by atoms with Crippen molar-refractivity contribution in [2.24, 2.45) is 5.73 Å². The smallest absolute Gasteiger partial charge is 0.315 e. The first-order chi connectivity index (χ1) is 18.5. The van der Waals surface area contributed by atoms with Crippen molar-refractivity contribution < 1.29 is 14.0 Å². The van der Waals surface area contributed by atoms with Gasteiger partial charge in [-0.05, 0) is 34.2 Å². The zero-order valence-electron chi connectivity index (χ0n) is 24.2. The van der Waals surface area contributed by atoms with Gasteiger partial charge in [-0.25, -0.2) is 0 Å². The van der Waals surface area contributed by atoms with Crippen LogP contribution in [0.1, 0.15) is 58.2 Å². The Morgan fingerprint density at radius 3 is 1.67 bits per heavy atom. The van der Waals surface area contributed by atoms with Gasteiger partial charge in [-0.3, -0.25) is 9.59 Å². The van der Waals surface area contributed by atoms with Crippen molar-refractivity contribution in [1.29, 1.82) is 0 Å². The van der Waals surface area contributed by atoms with Crippen molar-refractivity contribution in [3.05, 3.63) is 108 Å². The van der Waals surface area contributed by atoms with Gasteiger partial charge in [0.15, 0.2) is 0 Å². The monoisotopic (exact) mass is 544 g/mol. The topological polar surface area (TPSA) is 81.4 Å². The first kappa shape index (κ1) is 30.3. The van der Waals surface area contributed by atoms with Crippen molar-refractivity contribution in [3.63, 3.8) is 0 Å². The Morgan fingerprint density at radius 2 is 1.21 bits per heavy atom. The molecule has 0 aliphatic rings. The van der Waals surface area contributed by atoms with E-state index in [1.54, 1.807) is 0 Å². The number of benzene rings is 3. The summed E-state index contributed by atoms with van der Waals surface area (Å²) >= 11 is 0. The largest absolute Gasteiger partial charge is 0.516 e. The van der Waals surface area contributed by atoms with Crippen LogP contribution < -0.4 is 11.1 Å². The van der Waals surface area contributed by atoms with Gasteiger partial charge < -0.3 is 15.5 Å². The third-order valence-electron chi connectivity index (χ3n) is 7.98. The zero-order valence-corrected chi connectivity index (χ0v) is 25.2. The SMILES string of the molecule is CC(C)[Si](OC(=O)[C@H](Cc1ccccc1)NC(=O)[C@@H](N)Cc1ccccc1)(C(C)C)C(C)(C)c1ccccc1. The van der Waals surface area contributed by atoms with E-state index in [0.29, 0.717) is 12.8 Å². The van der Waals surface area contributed by atoms with E-state index in [-0.39, 0.29) is 22.0 Å². The molecule has 1 amide bonds. The van der Waals surface area contributed by atoms with E-state index >= 15 is 0 Å². The summed E-state index contributed by atoms with van der Waals surface area (Å²) < 4.78 is 6.76. The van der Waals surface area contributed by atoms with Gasteiger partial charge in [-0.2, -0.15) is 0 Å². The second kappa shape index (κ2) is 13.2. The number of amides is 1. The zero-order chi connectivity index (χ0) is 28.6. The van der Waals surface area contributed by atoms with Crippen LogP contribution in [0.25, 0.3) is 0 Å². The minimum atomic E-state index is -2.83. The van der Waals surface area contributed by atoms with E-state index in [1.807, 2.05) is 78.9 Å². The standard InChI is InChI=1S/C33H44N2O3Si/c1-24(2)39(25(3)4,33(5,6)28-20-14-9-15-21-28)38-32(37)30(23-27-18-12-8-13-19-27)35-31(36)29(34)22-26-16-10-7-11-17-26/h7-21,24-25,29-30H,22-23,34H2,1-6H3,(H,35,36)/t29-,30-/m0/s1. The summed E-state index contributed by atoms with van der Waals surface area (Å²) in [6, 6.07) is 28.0. The molecule has 0 bridgehead atoms.